The first-order valence-corrected chi connectivity index (χ1v) is 2.93. The number of carbonyl (C=O) groups is 1. The number of carboxylic acid groups (broad SMARTS) is 1. The van der Waals surface area contributed by atoms with Gasteiger partial charge in [0.25, 0.3) is 0 Å². The van der Waals surface area contributed by atoms with Gasteiger partial charge in [-0.05, 0) is 18.2 Å². The van der Waals surface area contributed by atoms with Gasteiger partial charge >= 0.3 is 57.4 Å². The van der Waals surface area contributed by atoms with Crippen LogP contribution < -0.4 is 57.1 Å². The van der Waals surface area contributed by atoms with Gasteiger partial charge in [-0.25, -0.2) is 4.79 Å². The van der Waals surface area contributed by atoms with Gasteiger partial charge in [-0.3, -0.25) is 0 Å². The van der Waals surface area contributed by atoms with Crippen molar-refractivity contribution in [1.29, 1.82) is 0 Å². The zero-order chi connectivity index (χ0) is 8.43. The summed E-state index contributed by atoms with van der Waals surface area (Å²) in [5, 5.41) is 17.4. The number of hydrogen-bond acceptors (Lipinski definition) is 3. The third kappa shape index (κ3) is 2.76. The molecule has 0 aliphatic heterocycles. The Morgan fingerprint density at radius 2 is 2.08 bits per heavy atom. The van der Waals surface area contributed by atoms with Gasteiger partial charge in [-0.1, -0.05) is 0 Å². The maximum absolute atomic E-state index is 10.4. The van der Waals surface area contributed by atoms with Crippen molar-refractivity contribution in [1.82, 2.24) is 0 Å². The third-order valence-electron chi connectivity index (χ3n) is 1.25. The number of nitrogen functional groups attached to an aromatic ring is 1. The first-order valence-electron chi connectivity index (χ1n) is 2.93. The Morgan fingerprint density at radius 1 is 1.50 bits per heavy atom. The van der Waals surface area contributed by atoms with Crippen molar-refractivity contribution in [2.24, 2.45) is 0 Å². The second-order valence-electron chi connectivity index (χ2n) is 2.08. The van der Waals surface area contributed by atoms with Gasteiger partial charge < -0.3 is 17.4 Å². The molecule has 1 aromatic rings. The quantitative estimate of drug-likeness (QED) is 0.268. The van der Waals surface area contributed by atoms with Crippen LogP contribution in [0.2, 0.25) is 0 Å². The Balaban J connectivity index is 0. The topological polar surface area (TPSA) is 83.5 Å². The molecule has 0 aliphatic rings. The number of nitrogens with two attached hydrogens (primary N) is 1. The van der Waals surface area contributed by atoms with Crippen LogP contribution in [0.5, 0.6) is 5.75 Å². The molecule has 0 radical (unpaired) electrons. The van der Waals surface area contributed by atoms with E-state index in [4.69, 9.17) is 15.9 Å². The molecule has 0 unspecified atom stereocenters. The number of carboxylic acids is 1. The Hall–Kier alpha value is -0.0736. The Bertz CT molecular complexity index is 306. The fourth-order valence-electron chi connectivity index (χ4n) is 0.725. The van der Waals surface area contributed by atoms with E-state index in [1.54, 1.807) is 0 Å². The van der Waals surface area contributed by atoms with E-state index < -0.39 is 5.97 Å². The number of aromatic hydroxyl groups is 1. The van der Waals surface area contributed by atoms with Crippen LogP contribution in [0.25, 0.3) is 0 Å². The molecule has 0 heterocycles. The van der Waals surface area contributed by atoms with Gasteiger partial charge in [0, 0.05) is 5.69 Å². The Morgan fingerprint density at radius 3 is 2.50 bits per heavy atom. The summed E-state index contributed by atoms with van der Waals surface area (Å²) < 4.78 is 0. The monoisotopic (exact) mass is 193 g/mol. The van der Waals surface area contributed by atoms with E-state index in [0.29, 0.717) is 5.69 Å². The zero-order valence-corrected chi connectivity index (χ0v) is 9.74. The predicted octanol–water partition coefficient (Wildman–Crippen LogP) is -2.21. The fourth-order valence-corrected chi connectivity index (χ4v) is 0.725. The average Bonchev–Trinajstić information content (AvgIpc) is 1.94. The Kier molecular flexibility index (Phi) is 4.80. The molecule has 0 saturated carbocycles. The van der Waals surface area contributed by atoms with Crippen LogP contribution >= 0.6 is 0 Å². The van der Waals surface area contributed by atoms with Crippen LogP contribution in [-0.4, -0.2) is 16.2 Å². The molecule has 0 saturated heterocycles. The number of anilines is 1. The standard InChI is InChI=1S/C7H7NO3.K.H/c8-4-1-2-6(9)5(3-4)7(10)11;;/h1-3,9H,8H2,(H,10,11);;/q;+1;-1. The molecule has 1 aromatic carbocycles. The smallest absolute Gasteiger partial charge is 1.00 e. The van der Waals surface area contributed by atoms with Crippen molar-refractivity contribution >= 4 is 11.7 Å². The van der Waals surface area contributed by atoms with Crippen LogP contribution in [0.3, 0.4) is 0 Å². The van der Waals surface area contributed by atoms with Crippen molar-refractivity contribution in [3.05, 3.63) is 23.8 Å². The number of aromatic carboxylic acids is 1. The van der Waals surface area contributed by atoms with Crippen LogP contribution in [0, 0.1) is 0 Å². The summed E-state index contributed by atoms with van der Waals surface area (Å²) in [6, 6.07) is 3.89. The van der Waals surface area contributed by atoms with Gasteiger partial charge in [0.2, 0.25) is 0 Å². The summed E-state index contributed by atoms with van der Waals surface area (Å²) in [6.45, 7) is 0. The number of rotatable bonds is 1. The maximum Gasteiger partial charge on any atom is 1.00 e. The summed E-state index contributed by atoms with van der Waals surface area (Å²) in [7, 11) is 0. The fraction of sp³-hybridized carbons (Fsp3) is 0. The van der Waals surface area contributed by atoms with Crippen molar-refractivity contribution in [2.45, 2.75) is 0 Å². The van der Waals surface area contributed by atoms with Crippen LogP contribution in [-0.2, 0) is 0 Å². The van der Waals surface area contributed by atoms with Crippen molar-refractivity contribution in [2.75, 3.05) is 5.73 Å². The average molecular weight is 193 g/mol. The molecule has 60 valence electrons. The van der Waals surface area contributed by atoms with E-state index >= 15 is 0 Å². The molecular weight excluding hydrogens is 185 g/mol. The second kappa shape index (κ2) is 4.83. The molecule has 0 bridgehead atoms. The Labute approximate surface area is 113 Å². The summed E-state index contributed by atoms with van der Waals surface area (Å²) in [5.74, 6) is -1.46. The second-order valence-corrected chi connectivity index (χ2v) is 2.08. The van der Waals surface area contributed by atoms with Crippen molar-refractivity contribution < 1.29 is 67.8 Å². The van der Waals surface area contributed by atoms with E-state index in [-0.39, 0.29) is 64.1 Å². The largest absolute Gasteiger partial charge is 1.00 e. The molecule has 12 heavy (non-hydrogen) atoms. The molecule has 0 aliphatic carbocycles. The zero-order valence-electron chi connectivity index (χ0n) is 7.61. The molecule has 4 N–H and O–H groups in total. The van der Waals surface area contributed by atoms with E-state index in [0.717, 1.165) is 0 Å². The predicted molar refractivity (Wildman–Crippen MR) is 40.6 cm³/mol. The molecule has 0 aromatic heterocycles. The molecular formula is C7H8KNO3. The summed E-state index contributed by atoms with van der Waals surface area (Å²) in [6.07, 6.45) is 0. The SMILES string of the molecule is Nc1ccc(O)c(C(=O)O)c1.[H-].[K+]. The molecule has 0 fully saturated rings. The summed E-state index contributed by atoms with van der Waals surface area (Å²) in [5.41, 5.74) is 5.43. The number of phenols is 1. The minimum absolute atomic E-state index is 0. The first kappa shape index (κ1) is 11.9. The van der Waals surface area contributed by atoms with Crippen LogP contribution in [0.4, 0.5) is 5.69 Å². The minimum Gasteiger partial charge on any atom is -1.00 e. The first-order chi connectivity index (χ1) is 5.11. The normalized spacial score (nSPS) is 8.67. The van der Waals surface area contributed by atoms with Crippen molar-refractivity contribution in [3.63, 3.8) is 0 Å². The number of hydrogen-bond donors (Lipinski definition) is 3. The maximum atomic E-state index is 10.4. The number of benzene rings is 1. The molecule has 5 heteroatoms. The van der Waals surface area contributed by atoms with Gasteiger partial charge in [0.15, 0.2) is 0 Å². The molecule has 4 nitrogen and oxygen atoms in total. The van der Waals surface area contributed by atoms with Gasteiger partial charge in [0.1, 0.15) is 11.3 Å². The van der Waals surface area contributed by atoms with Gasteiger partial charge in [-0.2, -0.15) is 0 Å². The molecule has 0 spiro atoms. The minimum atomic E-state index is -1.19. The summed E-state index contributed by atoms with van der Waals surface area (Å²) in [4.78, 5) is 10.4. The van der Waals surface area contributed by atoms with E-state index in [9.17, 15) is 4.79 Å². The molecule has 0 amide bonds. The molecule has 0 atom stereocenters. The summed E-state index contributed by atoms with van der Waals surface area (Å²) >= 11 is 0. The third-order valence-corrected chi connectivity index (χ3v) is 1.25. The van der Waals surface area contributed by atoms with Crippen molar-refractivity contribution in [3.8, 4) is 5.75 Å². The van der Waals surface area contributed by atoms with Gasteiger partial charge in [-0.15, -0.1) is 0 Å². The van der Waals surface area contributed by atoms with E-state index in [1.165, 1.54) is 18.2 Å². The van der Waals surface area contributed by atoms with Crippen LogP contribution in [0.1, 0.15) is 11.8 Å². The van der Waals surface area contributed by atoms with E-state index in [2.05, 4.69) is 0 Å². The van der Waals surface area contributed by atoms with E-state index in [1.807, 2.05) is 0 Å². The van der Waals surface area contributed by atoms with Gasteiger partial charge in [0.05, 0.1) is 0 Å². The molecule has 1 rings (SSSR count). The van der Waals surface area contributed by atoms with Crippen LogP contribution in [0.15, 0.2) is 18.2 Å².